The van der Waals surface area contributed by atoms with Crippen LogP contribution in [0.5, 0.6) is 0 Å². The van der Waals surface area contributed by atoms with E-state index in [-0.39, 0.29) is 18.5 Å². The summed E-state index contributed by atoms with van der Waals surface area (Å²) in [5.74, 6) is -0.0708. The minimum absolute atomic E-state index is 0.158. The monoisotopic (exact) mass is 588 g/mol. The number of ether oxygens (including phenoxy) is 2. The summed E-state index contributed by atoms with van der Waals surface area (Å²) in [6.45, 7) is 12.1. The molecule has 1 aromatic rings. The standard InChI is InChI=1S/C30H42BClN2O5S/c1-19(2)16-25(29(35)38-7)33-20(3)39-18-22-17-27(30(4,5)6)34(28(22)21-12-14-23(31)15-13-21)40(36,37)26-11-9-8-10-24(26)32/h8-10,12-15,17,19-20,25-28,33H,11,16,18H2,1-7H3/t20-,25+,26?,27?,28?/m1/s1. The molecule has 218 valence electrons. The Morgan fingerprint density at radius 3 is 2.40 bits per heavy atom. The Balaban J connectivity index is 1.98. The van der Waals surface area contributed by atoms with Crippen LogP contribution in [0.2, 0.25) is 0 Å². The molecule has 0 saturated heterocycles. The Labute approximate surface area is 246 Å². The van der Waals surface area contributed by atoms with Gasteiger partial charge in [0.2, 0.25) is 10.0 Å². The van der Waals surface area contributed by atoms with E-state index >= 15 is 0 Å². The van der Waals surface area contributed by atoms with E-state index in [9.17, 15) is 13.2 Å². The number of sulfonamides is 1. The summed E-state index contributed by atoms with van der Waals surface area (Å²) >= 11 is 6.48. The van der Waals surface area contributed by atoms with E-state index in [2.05, 4.69) is 5.32 Å². The highest BCUT2D eigenvalue weighted by molar-refractivity contribution is 7.90. The molecule has 3 unspecified atom stereocenters. The van der Waals surface area contributed by atoms with Gasteiger partial charge in [0.1, 0.15) is 25.4 Å². The Morgan fingerprint density at radius 1 is 1.20 bits per heavy atom. The highest BCUT2D eigenvalue weighted by Crippen LogP contribution is 2.46. The fraction of sp³-hybridized carbons (Fsp3) is 0.567. The third-order valence-electron chi connectivity index (χ3n) is 7.22. The number of benzene rings is 1. The third-order valence-corrected chi connectivity index (χ3v) is 9.93. The normalized spacial score (nSPS) is 23.6. The number of methoxy groups -OCH3 is 1. The van der Waals surface area contributed by atoms with Gasteiger partial charge in [-0.15, -0.1) is 0 Å². The molecule has 5 atom stereocenters. The zero-order valence-electron chi connectivity index (χ0n) is 24.6. The van der Waals surface area contributed by atoms with Crippen LogP contribution >= 0.6 is 11.6 Å². The lowest BCUT2D eigenvalue weighted by molar-refractivity contribution is -0.145. The number of halogens is 1. The molecule has 0 bridgehead atoms. The van der Waals surface area contributed by atoms with Crippen LogP contribution in [0.25, 0.3) is 0 Å². The van der Waals surface area contributed by atoms with Crippen molar-refractivity contribution in [2.24, 2.45) is 11.3 Å². The Bertz CT molecular complexity index is 1240. The van der Waals surface area contributed by atoms with Crippen molar-refractivity contribution in [1.29, 1.82) is 0 Å². The minimum atomic E-state index is -3.90. The molecule has 1 aliphatic carbocycles. The van der Waals surface area contributed by atoms with Crippen LogP contribution in [-0.2, 0) is 24.3 Å². The average molecular weight is 589 g/mol. The lowest BCUT2D eigenvalue weighted by Crippen LogP contribution is -2.49. The first kappa shape index (κ1) is 32.6. The molecule has 40 heavy (non-hydrogen) atoms. The van der Waals surface area contributed by atoms with Crippen molar-refractivity contribution in [3.63, 3.8) is 0 Å². The largest absolute Gasteiger partial charge is 0.468 e. The van der Waals surface area contributed by atoms with E-state index in [1.807, 2.05) is 65.8 Å². The van der Waals surface area contributed by atoms with E-state index < -0.39 is 45.0 Å². The summed E-state index contributed by atoms with van der Waals surface area (Å²) in [7, 11) is 3.44. The van der Waals surface area contributed by atoms with Crippen molar-refractivity contribution in [1.82, 2.24) is 9.62 Å². The van der Waals surface area contributed by atoms with Gasteiger partial charge in [-0.2, -0.15) is 4.31 Å². The average Bonchev–Trinajstić information content (AvgIpc) is 3.28. The van der Waals surface area contributed by atoms with E-state index in [1.54, 1.807) is 28.6 Å². The van der Waals surface area contributed by atoms with Crippen molar-refractivity contribution in [2.45, 2.75) is 84.0 Å². The van der Waals surface area contributed by atoms with Crippen molar-refractivity contribution < 1.29 is 22.7 Å². The zero-order chi connectivity index (χ0) is 29.8. The lowest BCUT2D eigenvalue weighted by Gasteiger charge is -2.39. The molecule has 0 amide bonds. The Kier molecular flexibility index (Phi) is 10.9. The third kappa shape index (κ3) is 7.68. The number of nitrogens with zero attached hydrogens (tertiary/aromatic N) is 1. The highest BCUT2D eigenvalue weighted by atomic mass is 35.5. The zero-order valence-corrected chi connectivity index (χ0v) is 26.1. The van der Waals surface area contributed by atoms with Crippen LogP contribution in [0, 0.1) is 11.3 Å². The van der Waals surface area contributed by atoms with Crippen molar-refractivity contribution >= 4 is 40.9 Å². The number of hydrogen-bond acceptors (Lipinski definition) is 6. The molecule has 1 N–H and O–H groups in total. The number of carbonyl (C=O) groups excluding carboxylic acids is 1. The molecule has 1 aromatic carbocycles. The fourth-order valence-corrected chi connectivity index (χ4v) is 7.94. The molecule has 3 rings (SSSR count). The summed E-state index contributed by atoms with van der Waals surface area (Å²) in [6.07, 6.45) is 7.67. The van der Waals surface area contributed by atoms with Crippen molar-refractivity contribution in [2.75, 3.05) is 13.7 Å². The van der Waals surface area contributed by atoms with Gasteiger partial charge in [0.05, 0.1) is 19.8 Å². The second-order valence-electron chi connectivity index (χ2n) is 12.0. The van der Waals surface area contributed by atoms with Crippen molar-refractivity contribution in [3.8, 4) is 0 Å². The van der Waals surface area contributed by atoms with E-state index in [0.29, 0.717) is 23.3 Å². The molecule has 2 aliphatic rings. The molecular formula is C30H42BClN2O5S. The SMILES string of the molecule is [B]c1ccc(C2C(CO[C@H](C)N[C@@H](CC(C)C)C(=O)OC)=CC(C(C)(C)C)N2S(=O)(=O)C2CC=CC=C2Cl)cc1. The number of esters is 1. The number of carbonyl (C=O) groups is 1. The minimum Gasteiger partial charge on any atom is -0.468 e. The quantitative estimate of drug-likeness (QED) is 0.177. The van der Waals surface area contributed by atoms with Gasteiger partial charge in [0.15, 0.2) is 0 Å². The highest BCUT2D eigenvalue weighted by Gasteiger charge is 2.50. The maximum atomic E-state index is 14.4. The topological polar surface area (TPSA) is 84.9 Å². The second kappa shape index (κ2) is 13.4. The first-order valence-corrected chi connectivity index (χ1v) is 15.6. The Morgan fingerprint density at radius 2 is 1.85 bits per heavy atom. The summed E-state index contributed by atoms with van der Waals surface area (Å²) < 4.78 is 41.5. The van der Waals surface area contributed by atoms with Gasteiger partial charge in [-0.3, -0.25) is 10.1 Å². The van der Waals surface area contributed by atoms with Crippen LogP contribution in [-0.4, -0.2) is 63.8 Å². The van der Waals surface area contributed by atoms with Crippen molar-refractivity contribution in [3.05, 3.63) is 64.7 Å². The number of allylic oxidation sites excluding steroid dienone is 3. The molecule has 1 aliphatic heterocycles. The number of rotatable bonds is 11. The van der Waals surface area contributed by atoms with E-state index in [4.69, 9.17) is 28.9 Å². The number of nitrogens with one attached hydrogen (secondary N) is 1. The predicted molar refractivity (Wildman–Crippen MR) is 162 cm³/mol. The Hall–Kier alpha value is -1.91. The maximum Gasteiger partial charge on any atom is 0.322 e. The molecular weight excluding hydrogens is 547 g/mol. The van der Waals surface area contributed by atoms with E-state index in [0.717, 1.165) is 11.1 Å². The smallest absolute Gasteiger partial charge is 0.322 e. The summed E-state index contributed by atoms with van der Waals surface area (Å²) in [4.78, 5) is 12.3. The van der Waals surface area contributed by atoms with Crippen LogP contribution in [0.3, 0.4) is 0 Å². The van der Waals surface area contributed by atoms with Gasteiger partial charge < -0.3 is 9.47 Å². The van der Waals surface area contributed by atoms with Crippen LogP contribution < -0.4 is 10.8 Å². The van der Waals surface area contributed by atoms with Gasteiger partial charge in [-0.25, -0.2) is 8.42 Å². The van der Waals surface area contributed by atoms with Crippen LogP contribution in [0.1, 0.15) is 66.0 Å². The van der Waals surface area contributed by atoms with E-state index in [1.165, 1.54) is 7.11 Å². The van der Waals surface area contributed by atoms with Gasteiger partial charge in [0, 0.05) is 11.1 Å². The fourth-order valence-electron chi connectivity index (χ4n) is 5.19. The van der Waals surface area contributed by atoms with Crippen LogP contribution in [0.4, 0.5) is 0 Å². The van der Waals surface area contributed by atoms with Gasteiger partial charge in [-0.1, -0.05) is 94.2 Å². The molecule has 2 radical (unpaired) electrons. The van der Waals surface area contributed by atoms with Gasteiger partial charge >= 0.3 is 5.97 Å². The van der Waals surface area contributed by atoms with Crippen LogP contribution in [0.15, 0.2) is 59.2 Å². The maximum absolute atomic E-state index is 14.4. The number of hydrogen-bond donors (Lipinski definition) is 1. The summed E-state index contributed by atoms with van der Waals surface area (Å²) in [6, 6.07) is 5.70. The second-order valence-corrected chi connectivity index (χ2v) is 14.5. The lowest BCUT2D eigenvalue weighted by atomic mass is 9.87. The molecule has 10 heteroatoms. The molecule has 0 spiro atoms. The van der Waals surface area contributed by atoms with Gasteiger partial charge in [0.25, 0.3) is 0 Å². The summed E-state index contributed by atoms with van der Waals surface area (Å²) in [5, 5.41) is 2.65. The molecule has 7 nitrogen and oxygen atoms in total. The molecule has 0 saturated carbocycles. The first-order valence-electron chi connectivity index (χ1n) is 13.7. The van der Waals surface area contributed by atoms with Gasteiger partial charge in [-0.05, 0) is 48.3 Å². The predicted octanol–water partition coefficient (Wildman–Crippen LogP) is 4.50. The first-order chi connectivity index (χ1) is 18.7. The summed E-state index contributed by atoms with van der Waals surface area (Å²) in [5.41, 5.74) is 1.77. The molecule has 1 heterocycles. The molecule has 0 fully saturated rings. The molecule has 0 aromatic heterocycles.